The molecule has 0 aromatic heterocycles. The van der Waals surface area contributed by atoms with Crippen LogP contribution < -0.4 is 15.4 Å². The van der Waals surface area contributed by atoms with Gasteiger partial charge in [0.2, 0.25) is 0 Å². The summed E-state index contributed by atoms with van der Waals surface area (Å²) in [5.41, 5.74) is 3.62. The number of hydrogen-bond donors (Lipinski definition) is 3. The van der Waals surface area contributed by atoms with Gasteiger partial charge in [-0.15, -0.1) is 0 Å². The lowest BCUT2D eigenvalue weighted by Gasteiger charge is -2.32. The van der Waals surface area contributed by atoms with Crippen molar-refractivity contribution in [3.05, 3.63) is 57.7 Å². The first-order chi connectivity index (χ1) is 14.8. The summed E-state index contributed by atoms with van der Waals surface area (Å²) < 4.78 is 10.7. The van der Waals surface area contributed by atoms with Gasteiger partial charge in [0.1, 0.15) is 5.92 Å². The average molecular weight is 487 g/mol. The van der Waals surface area contributed by atoms with Crippen molar-refractivity contribution in [2.45, 2.75) is 19.4 Å². The number of phenols is 1. The summed E-state index contributed by atoms with van der Waals surface area (Å²) in [6.07, 6.45) is 0.518. The quantitative estimate of drug-likeness (QED) is 0.437. The highest BCUT2D eigenvalue weighted by molar-refractivity contribution is 9.10. The standard InChI is InChI=1S/C23H23BrN2O5/c1-11-8-16-19(22(28)18(11)23(29)31-3)20(26-15-7-5-4-6-14(15)25-16)12-9-13(24)21(27)17(10-12)30-2/h4-7,9-11,18,20,25-27H,8H2,1-3H3/t11-,18+,20+/m0/s1. The summed E-state index contributed by atoms with van der Waals surface area (Å²) in [6, 6.07) is 10.5. The van der Waals surface area contributed by atoms with Crippen molar-refractivity contribution in [1.29, 1.82) is 0 Å². The van der Waals surface area contributed by atoms with Gasteiger partial charge in [0.15, 0.2) is 17.3 Å². The lowest BCUT2D eigenvalue weighted by Crippen LogP contribution is -2.39. The first kappa shape index (κ1) is 21.2. The zero-order valence-corrected chi connectivity index (χ0v) is 18.9. The number of para-hydroxylation sites is 2. The summed E-state index contributed by atoms with van der Waals surface area (Å²) in [5.74, 6) is -1.64. The third kappa shape index (κ3) is 3.65. The molecule has 2 aliphatic rings. The fraction of sp³-hybridized carbons (Fsp3) is 0.304. The molecule has 0 saturated carbocycles. The Morgan fingerprint density at radius 2 is 1.90 bits per heavy atom. The number of carbonyl (C=O) groups is 2. The minimum atomic E-state index is -0.876. The molecule has 3 atom stereocenters. The van der Waals surface area contributed by atoms with Crippen LogP contribution in [0, 0.1) is 11.8 Å². The number of esters is 1. The van der Waals surface area contributed by atoms with E-state index in [2.05, 4.69) is 26.6 Å². The Labute approximate surface area is 188 Å². The Hall–Kier alpha value is -3.00. The van der Waals surface area contributed by atoms with E-state index >= 15 is 0 Å². The third-order valence-corrected chi connectivity index (χ3v) is 6.43. The van der Waals surface area contributed by atoms with Crippen LogP contribution in [0.2, 0.25) is 0 Å². The van der Waals surface area contributed by atoms with Crippen LogP contribution in [0.15, 0.2) is 52.1 Å². The number of ketones is 1. The second-order valence-electron chi connectivity index (χ2n) is 7.74. The van der Waals surface area contributed by atoms with Crippen molar-refractivity contribution < 1.29 is 24.2 Å². The van der Waals surface area contributed by atoms with Crippen LogP contribution in [0.5, 0.6) is 11.5 Å². The summed E-state index contributed by atoms with van der Waals surface area (Å²) in [5, 5.41) is 17.1. The number of aromatic hydroxyl groups is 1. The van der Waals surface area contributed by atoms with Crippen molar-refractivity contribution in [1.82, 2.24) is 0 Å². The van der Waals surface area contributed by atoms with Crippen LogP contribution in [0.3, 0.4) is 0 Å². The molecule has 0 radical (unpaired) electrons. The number of ether oxygens (including phenoxy) is 2. The summed E-state index contributed by atoms with van der Waals surface area (Å²) in [7, 11) is 2.76. The van der Waals surface area contributed by atoms with E-state index in [1.54, 1.807) is 12.1 Å². The lowest BCUT2D eigenvalue weighted by atomic mass is 9.75. The molecule has 0 unspecified atom stereocenters. The minimum absolute atomic E-state index is 0.0244. The third-order valence-electron chi connectivity index (χ3n) is 5.83. The SMILES string of the molecule is COC(=O)[C@H]1C(=O)C2=C(C[C@@H]1C)Nc1ccccc1N[C@@H]2c1cc(Br)c(O)c(OC)c1. The smallest absolute Gasteiger partial charge is 0.316 e. The molecule has 1 heterocycles. The van der Waals surface area contributed by atoms with Gasteiger partial charge in [0, 0.05) is 11.3 Å². The molecule has 2 aromatic rings. The fourth-order valence-corrected chi connectivity index (χ4v) is 4.76. The molecule has 0 saturated heterocycles. The number of methoxy groups -OCH3 is 2. The van der Waals surface area contributed by atoms with Crippen LogP contribution in [0.1, 0.15) is 24.9 Å². The average Bonchev–Trinajstić information content (AvgIpc) is 2.91. The first-order valence-corrected chi connectivity index (χ1v) is 10.7. The number of anilines is 2. The number of benzene rings is 2. The number of nitrogens with one attached hydrogen (secondary N) is 2. The second-order valence-corrected chi connectivity index (χ2v) is 8.59. The largest absolute Gasteiger partial charge is 0.503 e. The monoisotopic (exact) mass is 486 g/mol. The van der Waals surface area contributed by atoms with Gasteiger partial charge in [-0.3, -0.25) is 9.59 Å². The molecule has 31 heavy (non-hydrogen) atoms. The van der Waals surface area contributed by atoms with Gasteiger partial charge in [-0.25, -0.2) is 0 Å². The van der Waals surface area contributed by atoms with E-state index in [0.717, 1.165) is 17.1 Å². The molecule has 0 amide bonds. The second kappa shape index (κ2) is 8.26. The minimum Gasteiger partial charge on any atom is -0.503 e. The number of hydrogen-bond acceptors (Lipinski definition) is 7. The van der Waals surface area contributed by atoms with Gasteiger partial charge >= 0.3 is 5.97 Å². The number of fused-ring (bicyclic) bond motifs is 1. The lowest BCUT2D eigenvalue weighted by molar-refractivity contribution is -0.151. The van der Waals surface area contributed by atoms with Crippen molar-refractivity contribution in [2.24, 2.45) is 11.8 Å². The molecule has 162 valence electrons. The maximum absolute atomic E-state index is 13.6. The van der Waals surface area contributed by atoms with Crippen molar-refractivity contribution in [3.8, 4) is 11.5 Å². The van der Waals surface area contributed by atoms with Crippen LogP contribution >= 0.6 is 15.9 Å². The molecule has 3 N–H and O–H groups in total. The van der Waals surface area contributed by atoms with E-state index in [-0.39, 0.29) is 23.2 Å². The molecule has 0 fully saturated rings. The van der Waals surface area contributed by atoms with Crippen molar-refractivity contribution in [3.63, 3.8) is 0 Å². The molecule has 1 aliphatic carbocycles. The van der Waals surface area contributed by atoms with Gasteiger partial charge < -0.3 is 25.2 Å². The Morgan fingerprint density at radius 3 is 2.58 bits per heavy atom. The summed E-state index contributed by atoms with van der Waals surface area (Å²) in [6.45, 7) is 1.88. The Balaban J connectivity index is 1.91. The highest BCUT2D eigenvalue weighted by atomic mass is 79.9. The Morgan fingerprint density at radius 1 is 1.19 bits per heavy atom. The maximum Gasteiger partial charge on any atom is 0.316 e. The molecule has 1 aliphatic heterocycles. The Kier molecular flexibility index (Phi) is 5.66. The number of carbonyl (C=O) groups excluding carboxylic acids is 2. The topological polar surface area (TPSA) is 96.9 Å². The van der Waals surface area contributed by atoms with Crippen LogP contribution in [-0.2, 0) is 14.3 Å². The molecule has 0 spiro atoms. The number of allylic oxidation sites excluding steroid dienone is 1. The molecular weight excluding hydrogens is 464 g/mol. The number of Topliss-reactive ketones (excluding diaryl/α,β-unsaturated/α-hetero) is 1. The predicted molar refractivity (Wildman–Crippen MR) is 120 cm³/mol. The van der Waals surface area contributed by atoms with Gasteiger partial charge in [-0.2, -0.15) is 0 Å². The highest BCUT2D eigenvalue weighted by Crippen LogP contribution is 2.46. The summed E-state index contributed by atoms with van der Waals surface area (Å²) in [4.78, 5) is 26.1. The van der Waals surface area contributed by atoms with Crippen LogP contribution in [0.4, 0.5) is 11.4 Å². The van der Waals surface area contributed by atoms with Crippen molar-refractivity contribution >= 4 is 39.1 Å². The van der Waals surface area contributed by atoms with Crippen molar-refractivity contribution in [2.75, 3.05) is 24.9 Å². The van der Waals surface area contributed by atoms with E-state index in [0.29, 0.717) is 22.0 Å². The van der Waals surface area contributed by atoms with E-state index in [4.69, 9.17) is 9.47 Å². The molecular formula is C23H23BrN2O5. The van der Waals surface area contributed by atoms with E-state index in [9.17, 15) is 14.7 Å². The summed E-state index contributed by atoms with van der Waals surface area (Å²) >= 11 is 3.37. The zero-order valence-electron chi connectivity index (χ0n) is 17.4. The molecule has 7 nitrogen and oxygen atoms in total. The first-order valence-electron chi connectivity index (χ1n) is 9.89. The van der Waals surface area contributed by atoms with E-state index in [1.165, 1.54) is 14.2 Å². The molecule has 0 bridgehead atoms. The predicted octanol–water partition coefficient (Wildman–Crippen LogP) is 4.39. The fourth-order valence-electron chi connectivity index (χ4n) is 4.30. The molecule has 2 aromatic carbocycles. The number of halogens is 1. The molecule has 4 rings (SSSR count). The van der Waals surface area contributed by atoms with Gasteiger partial charge in [-0.05, 0) is 58.1 Å². The normalized spacial score (nSPS) is 22.5. The van der Waals surface area contributed by atoms with Gasteiger partial charge in [-0.1, -0.05) is 19.1 Å². The van der Waals surface area contributed by atoms with E-state index < -0.39 is 17.9 Å². The van der Waals surface area contributed by atoms with Gasteiger partial charge in [0.25, 0.3) is 0 Å². The maximum atomic E-state index is 13.6. The van der Waals surface area contributed by atoms with Crippen LogP contribution in [-0.4, -0.2) is 31.1 Å². The van der Waals surface area contributed by atoms with Crippen LogP contribution in [0.25, 0.3) is 0 Å². The zero-order chi connectivity index (χ0) is 22.3. The number of phenolic OH excluding ortho intramolecular Hbond substituents is 1. The number of rotatable bonds is 3. The van der Waals surface area contributed by atoms with Gasteiger partial charge in [0.05, 0.1) is 36.1 Å². The van der Waals surface area contributed by atoms with E-state index in [1.807, 2.05) is 31.2 Å². The Bertz CT molecular complexity index is 1100. The highest BCUT2D eigenvalue weighted by Gasteiger charge is 2.44. The molecule has 8 heteroatoms.